The second-order valence-electron chi connectivity index (χ2n) is 23.5. The van der Waals surface area contributed by atoms with Crippen molar-refractivity contribution in [3.8, 4) is 0 Å². The fourth-order valence-electron chi connectivity index (χ4n) is 10.6. The standard InChI is InChI=1S/C70H133NO5/c1-3-5-7-9-11-13-15-17-19-20-28-31-35-38-42-46-50-54-58-62-68(73)67(66-72)71-69(74)63-59-55-51-47-43-39-36-32-29-26-24-22-21-23-25-27-30-33-37-41-45-49-53-57-61-65-76-70(75)64-60-56-52-48-44-40-34-18-16-14-12-10-8-6-4-2/h18,22,24,34,58,62,67-68,72-73H,3-17,19-21,23,25-33,35-57,59-61,63-66H2,1-2H3,(H,71,74)/b24-22-,34-18-,62-58+. The van der Waals surface area contributed by atoms with Crippen LogP contribution >= 0.6 is 0 Å². The molecule has 6 nitrogen and oxygen atoms in total. The van der Waals surface area contributed by atoms with Crippen molar-refractivity contribution in [2.45, 2.75) is 386 Å². The lowest BCUT2D eigenvalue weighted by molar-refractivity contribution is -0.143. The summed E-state index contributed by atoms with van der Waals surface area (Å²) in [7, 11) is 0. The Morgan fingerprint density at radius 2 is 0.618 bits per heavy atom. The van der Waals surface area contributed by atoms with E-state index in [0.717, 1.165) is 44.9 Å². The smallest absolute Gasteiger partial charge is 0.305 e. The molecule has 0 spiro atoms. The third-order valence-electron chi connectivity index (χ3n) is 15.9. The van der Waals surface area contributed by atoms with Crippen molar-refractivity contribution in [2.75, 3.05) is 13.2 Å². The van der Waals surface area contributed by atoms with E-state index in [9.17, 15) is 19.8 Å². The summed E-state index contributed by atoms with van der Waals surface area (Å²) in [6.07, 6.45) is 83.5. The molecule has 0 aromatic carbocycles. The molecule has 0 aromatic rings. The number of carbonyl (C=O) groups excluding carboxylic acids is 2. The number of rotatable bonds is 64. The maximum Gasteiger partial charge on any atom is 0.305 e. The van der Waals surface area contributed by atoms with Gasteiger partial charge in [-0.25, -0.2) is 0 Å². The van der Waals surface area contributed by atoms with Crippen LogP contribution < -0.4 is 5.32 Å². The predicted molar refractivity (Wildman–Crippen MR) is 333 cm³/mol. The van der Waals surface area contributed by atoms with E-state index in [0.29, 0.717) is 19.4 Å². The molecule has 0 saturated carbocycles. The summed E-state index contributed by atoms with van der Waals surface area (Å²) in [5.74, 6) is -0.0628. The lowest BCUT2D eigenvalue weighted by Crippen LogP contribution is -2.45. The first kappa shape index (κ1) is 74.1. The zero-order chi connectivity index (χ0) is 55.0. The van der Waals surface area contributed by atoms with Crippen molar-refractivity contribution in [3.63, 3.8) is 0 Å². The minimum Gasteiger partial charge on any atom is -0.466 e. The number of amides is 1. The van der Waals surface area contributed by atoms with Gasteiger partial charge in [0.1, 0.15) is 0 Å². The van der Waals surface area contributed by atoms with E-state index in [1.54, 1.807) is 6.08 Å². The molecule has 448 valence electrons. The van der Waals surface area contributed by atoms with Gasteiger partial charge in [0.05, 0.1) is 25.4 Å². The quantitative estimate of drug-likeness (QED) is 0.0320. The first-order valence-electron chi connectivity index (χ1n) is 34.3. The lowest BCUT2D eigenvalue weighted by Gasteiger charge is -2.20. The lowest BCUT2D eigenvalue weighted by atomic mass is 10.0. The van der Waals surface area contributed by atoms with Crippen LogP contribution in [0.1, 0.15) is 373 Å². The van der Waals surface area contributed by atoms with Crippen molar-refractivity contribution >= 4 is 11.9 Å². The van der Waals surface area contributed by atoms with Gasteiger partial charge < -0.3 is 20.3 Å². The summed E-state index contributed by atoms with van der Waals surface area (Å²) in [5, 5.41) is 23.2. The van der Waals surface area contributed by atoms with Gasteiger partial charge in [0, 0.05) is 12.8 Å². The average Bonchev–Trinajstić information content (AvgIpc) is 3.42. The number of unbranched alkanes of at least 4 members (excludes halogenated alkanes) is 49. The summed E-state index contributed by atoms with van der Waals surface area (Å²) in [6.45, 7) is 4.92. The van der Waals surface area contributed by atoms with E-state index in [4.69, 9.17) is 4.74 Å². The van der Waals surface area contributed by atoms with E-state index in [1.165, 1.54) is 302 Å². The third kappa shape index (κ3) is 61.3. The fourth-order valence-corrected chi connectivity index (χ4v) is 10.6. The zero-order valence-corrected chi connectivity index (χ0v) is 51.3. The molecular formula is C70H133NO5. The Bertz CT molecular complexity index is 1230. The Kier molecular flexibility index (Phi) is 63.9. The first-order valence-corrected chi connectivity index (χ1v) is 34.3. The van der Waals surface area contributed by atoms with Crippen molar-refractivity contribution in [3.05, 3.63) is 36.5 Å². The van der Waals surface area contributed by atoms with Gasteiger partial charge in [0.2, 0.25) is 5.91 Å². The minimum atomic E-state index is -0.847. The van der Waals surface area contributed by atoms with Crippen LogP contribution in [-0.2, 0) is 14.3 Å². The molecule has 2 unspecified atom stereocenters. The highest BCUT2D eigenvalue weighted by atomic mass is 16.5. The highest BCUT2D eigenvalue weighted by Crippen LogP contribution is 2.18. The van der Waals surface area contributed by atoms with Gasteiger partial charge in [0.15, 0.2) is 0 Å². The summed E-state index contributed by atoms with van der Waals surface area (Å²) in [5.41, 5.74) is 0. The number of hydrogen-bond acceptors (Lipinski definition) is 5. The maximum atomic E-state index is 12.5. The molecule has 0 rings (SSSR count). The van der Waals surface area contributed by atoms with E-state index in [2.05, 4.69) is 43.5 Å². The molecule has 0 aromatic heterocycles. The molecule has 0 bridgehead atoms. The van der Waals surface area contributed by atoms with Crippen molar-refractivity contribution in [1.29, 1.82) is 0 Å². The van der Waals surface area contributed by atoms with Crippen molar-refractivity contribution in [1.82, 2.24) is 5.32 Å². The van der Waals surface area contributed by atoms with Gasteiger partial charge in [-0.2, -0.15) is 0 Å². The van der Waals surface area contributed by atoms with Gasteiger partial charge in [-0.15, -0.1) is 0 Å². The largest absolute Gasteiger partial charge is 0.466 e. The molecule has 0 aliphatic heterocycles. The summed E-state index contributed by atoms with van der Waals surface area (Å²) >= 11 is 0. The molecule has 2 atom stereocenters. The van der Waals surface area contributed by atoms with Crippen LogP contribution in [0.3, 0.4) is 0 Å². The SMILES string of the molecule is CCCCCCCC/C=C\CCCCCCCC(=O)OCCCCCCCCCCCCCC/C=C\CCCCCCCCCCCC(=O)NC(CO)C(O)/C=C/CCCCCCCCCCCCCCCCCCC. The number of ether oxygens (including phenoxy) is 1. The average molecular weight is 1070 g/mol. The van der Waals surface area contributed by atoms with Gasteiger partial charge in [-0.1, -0.05) is 314 Å². The summed E-state index contributed by atoms with van der Waals surface area (Å²) < 4.78 is 5.49. The van der Waals surface area contributed by atoms with E-state index in [1.807, 2.05) is 6.08 Å². The van der Waals surface area contributed by atoms with Gasteiger partial charge in [-0.3, -0.25) is 9.59 Å². The molecule has 6 heteroatoms. The molecule has 0 saturated heterocycles. The van der Waals surface area contributed by atoms with Crippen LogP contribution in [0.25, 0.3) is 0 Å². The second kappa shape index (κ2) is 65.6. The Hall–Kier alpha value is -1.92. The summed E-state index contributed by atoms with van der Waals surface area (Å²) in [4.78, 5) is 24.6. The molecule has 0 aliphatic rings. The monoisotopic (exact) mass is 1070 g/mol. The van der Waals surface area contributed by atoms with E-state index >= 15 is 0 Å². The normalized spacial score (nSPS) is 12.7. The number of hydrogen-bond donors (Lipinski definition) is 3. The van der Waals surface area contributed by atoms with Crippen LogP contribution in [0.2, 0.25) is 0 Å². The van der Waals surface area contributed by atoms with Crippen molar-refractivity contribution in [2.24, 2.45) is 0 Å². The van der Waals surface area contributed by atoms with Gasteiger partial charge in [0.25, 0.3) is 0 Å². The molecule has 1 amide bonds. The Morgan fingerprint density at radius 1 is 0.355 bits per heavy atom. The van der Waals surface area contributed by atoms with Crippen LogP contribution in [0, 0.1) is 0 Å². The molecule has 0 radical (unpaired) electrons. The number of aliphatic hydroxyl groups is 2. The summed E-state index contributed by atoms with van der Waals surface area (Å²) in [6, 6.07) is -0.631. The van der Waals surface area contributed by atoms with Gasteiger partial charge >= 0.3 is 5.97 Å². The molecule has 3 N–H and O–H groups in total. The van der Waals surface area contributed by atoms with E-state index < -0.39 is 12.1 Å². The molecule has 0 heterocycles. The zero-order valence-electron chi connectivity index (χ0n) is 51.3. The molecular weight excluding hydrogens is 935 g/mol. The number of aliphatic hydroxyl groups excluding tert-OH is 2. The highest BCUT2D eigenvalue weighted by molar-refractivity contribution is 5.76. The van der Waals surface area contributed by atoms with Crippen LogP contribution in [0.15, 0.2) is 36.5 Å². The number of nitrogens with one attached hydrogen (secondary N) is 1. The number of allylic oxidation sites excluding steroid dienone is 5. The van der Waals surface area contributed by atoms with Crippen molar-refractivity contribution < 1.29 is 24.5 Å². The molecule has 0 fully saturated rings. The topological polar surface area (TPSA) is 95.9 Å². The van der Waals surface area contributed by atoms with Crippen LogP contribution in [-0.4, -0.2) is 47.4 Å². The fraction of sp³-hybridized carbons (Fsp3) is 0.886. The molecule has 0 aliphatic carbocycles. The Morgan fingerprint density at radius 3 is 0.934 bits per heavy atom. The van der Waals surface area contributed by atoms with Gasteiger partial charge in [-0.05, 0) is 83.5 Å². The predicted octanol–water partition coefficient (Wildman–Crippen LogP) is 21.9. The number of esters is 1. The number of carbonyl (C=O) groups is 2. The highest BCUT2D eigenvalue weighted by Gasteiger charge is 2.18. The molecule has 76 heavy (non-hydrogen) atoms. The Balaban J connectivity index is 3.42. The third-order valence-corrected chi connectivity index (χ3v) is 15.9. The van der Waals surface area contributed by atoms with Crippen LogP contribution in [0.5, 0.6) is 0 Å². The van der Waals surface area contributed by atoms with Crippen LogP contribution in [0.4, 0.5) is 0 Å². The second-order valence-corrected chi connectivity index (χ2v) is 23.5. The van der Waals surface area contributed by atoms with E-state index in [-0.39, 0.29) is 18.5 Å². The Labute approximate surface area is 474 Å². The maximum absolute atomic E-state index is 12.5. The minimum absolute atomic E-state index is 0.00544. The first-order chi connectivity index (χ1) is 37.5.